The van der Waals surface area contributed by atoms with Gasteiger partial charge in [-0.1, -0.05) is 11.3 Å². The lowest BCUT2D eigenvalue weighted by Gasteiger charge is -2.09. The van der Waals surface area contributed by atoms with Gasteiger partial charge in [0, 0.05) is 19.0 Å². The van der Waals surface area contributed by atoms with E-state index in [-0.39, 0.29) is 11.9 Å². The molecule has 1 saturated heterocycles. The zero-order valence-corrected chi connectivity index (χ0v) is 8.43. The molecule has 0 aromatic carbocycles. The Morgan fingerprint density at radius 2 is 2.64 bits per heavy atom. The number of amides is 1. The molecule has 1 aliphatic heterocycles. The maximum atomic E-state index is 10.9. The third kappa shape index (κ3) is 2.14. The predicted octanol–water partition coefficient (Wildman–Crippen LogP) is 0.416. The molecule has 1 aromatic heterocycles. The van der Waals surface area contributed by atoms with Gasteiger partial charge in [0.05, 0.1) is 6.20 Å². The topological polar surface area (TPSA) is 80.0 Å². The minimum Gasteiger partial charge on any atom is -0.389 e. The summed E-state index contributed by atoms with van der Waals surface area (Å²) in [6.45, 7) is 0.721. The molecule has 5 nitrogen and oxygen atoms in total. The summed E-state index contributed by atoms with van der Waals surface area (Å²) in [5, 5.41) is 7.52. The molecule has 1 atom stereocenters. The fourth-order valence-corrected chi connectivity index (χ4v) is 2.00. The first-order chi connectivity index (χ1) is 6.74. The van der Waals surface area contributed by atoms with E-state index >= 15 is 0 Å². The van der Waals surface area contributed by atoms with Crippen LogP contribution in [0.25, 0.3) is 0 Å². The van der Waals surface area contributed by atoms with Gasteiger partial charge in [0.1, 0.15) is 5.00 Å². The Labute approximate surface area is 85.7 Å². The van der Waals surface area contributed by atoms with E-state index in [1.807, 2.05) is 0 Å². The molecule has 0 saturated carbocycles. The Bertz CT molecular complexity index is 338. The molecule has 2 heterocycles. The average molecular weight is 212 g/mol. The maximum absolute atomic E-state index is 10.9. The molecule has 0 aliphatic carbocycles. The van der Waals surface area contributed by atoms with Gasteiger partial charge >= 0.3 is 0 Å². The van der Waals surface area contributed by atoms with Gasteiger partial charge in [-0.05, 0) is 6.42 Å². The van der Waals surface area contributed by atoms with E-state index in [1.54, 1.807) is 6.20 Å². The van der Waals surface area contributed by atoms with Crippen molar-refractivity contribution in [1.29, 1.82) is 0 Å². The molecule has 2 rings (SSSR count). The number of hydrogen-bond donors (Lipinski definition) is 3. The van der Waals surface area contributed by atoms with E-state index in [9.17, 15) is 4.79 Å². The molecular formula is C8H12N4OS. The molecule has 6 heteroatoms. The second-order valence-electron chi connectivity index (χ2n) is 3.25. The third-order valence-electron chi connectivity index (χ3n) is 2.11. The Morgan fingerprint density at radius 3 is 3.21 bits per heavy atom. The Balaban J connectivity index is 1.80. The van der Waals surface area contributed by atoms with E-state index in [4.69, 9.17) is 5.73 Å². The fourth-order valence-electron chi connectivity index (χ4n) is 1.41. The van der Waals surface area contributed by atoms with Gasteiger partial charge in [-0.25, -0.2) is 4.98 Å². The van der Waals surface area contributed by atoms with E-state index in [2.05, 4.69) is 15.6 Å². The van der Waals surface area contributed by atoms with Crippen LogP contribution in [0.4, 0.5) is 10.1 Å². The molecule has 4 N–H and O–H groups in total. The van der Waals surface area contributed by atoms with Crippen molar-refractivity contribution >= 4 is 27.4 Å². The van der Waals surface area contributed by atoms with Crippen molar-refractivity contribution in [3.63, 3.8) is 0 Å². The lowest BCUT2D eigenvalue weighted by molar-refractivity contribution is -0.119. The standard InChI is InChI=1S/C8H12N4OS/c9-6-4-11-8(14-6)10-3-5-1-2-7(13)12-5/h4-5H,1-3,9H2,(H,10,11)(H,12,13). The van der Waals surface area contributed by atoms with Crippen molar-refractivity contribution in [2.75, 3.05) is 17.6 Å². The molecule has 1 fully saturated rings. The SMILES string of the molecule is Nc1cnc(NCC2CCC(=O)N2)s1. The largest absolute Gasteiger partial charge is 0.389 e. The molecule has 1 aromatic rings. The van der Waals surface area contributed by atoms with E-state index in [0.29, 0.717) is 11.4 Å². The fraction of sp³-hybridized carbons (Fsp3) is 0.500. The van der Waals surface area contributed by atoms with Crippen LogP contribution >= 0.6 is 11.3 Å². The Morgan fingerprint density at radius 1 is 1.79 bits per heavy atom. The number of carbonyl (C=O) groups is 1. The highest BCUT2D eigenvalue weighted by Gasteiger charge is 2.20. The number of rotatable bonds is 3. The summed E-state index contributed by atoms with van der Waals surface area (Å²) in [7, 11) is 0. The maximum Gasteiger partial charge on any atom is 0.220 e. The van der Waals surface area contributed by atoms with Gasteiger partial charge in [0.25, 0.3) is 0 Å². The third-order valence-corrected chi connectivity index (χ3v) is 2.89. The first kappa shape index (κ1) is 9.26. The number of nitrogen functional groups attached to an aromatic ring is 1. The zero-order valence-electron chi connectivity index (χ0n) is 7.62. The summed E-state index contributed by atoms with van der Waals surface area (Å²) in [4.78, 5) is 15.0. The summed E-state index contributed by atoms with van der Waals surface area (Å²) in [5.74, 6) is 0.135. The van der Waals surface area contributed by atoms with Crippen LogP contribution in [0, 0.1) is 0 Å². The molecule has 1 unspecified atom stereocenters. The summed E-state index contributed by atoms with van der Waals surface area (Å²) in [5.41, 5.74) is 5.53. The van der Waals surface area contributed by atoms with Crippen LogP contribution in [0.5, 0.6) is 0 Å². The van der Waals surface area contributed by atoms with Gasteiger partial charge < -0.3 is 16.4 Å². The molecule has 14 heavy (non-hydrogen) atoms. The van der Waals surface area contributed by atoms with E-state index in [0.717, 1.165) is 18.1 Å². The molecule has 0 spiro atoms. The number of nitrogens with zero attached hydrogens (tertiary/aromatic N) is 1. The quantitative estimate of drug-likeness (QED) is 0.678. The zero-order chi connectivity index (χ0) is 9.97. The second-order valence-corrected chi connectivity index (χ2v) is 4.31. The van der Waals surface area contributed by atoms with Crippen LogP contribution < -0.4 is 16.4 Å². The number of carbonyl (C=O) groups excluding carboxylic acids is 1. The van der Waals surface area contributed by atoms with Gasteiger partial charge in [-0.3, -0.25) is 4.79 Å². The minimum absolute atomic E-state index is 0.135. The van der Waals surface area contributed by atoms with Crippen LogP contribution in [0.2, 0.25) is 0 Å². The number of nitrogens with two attached hydrogens (primary N) is 1. The molecule has 0 radical (unpaired) electrons. The van der Waals surface area contributed by atoms with Crippen LogP contribution in [0.1, 0.15) is 12.8 Å². The van der Waals surface area contributed by atoms with Crippen LogP contribution in [-0.2, 0) is 4.79 Å². The highest BCUT2D eigenvalue weighted by atomic mass is 32.1. The summed E-state index contributed by atoms with van der Waals surface area (Å²) < 4.78 is 0. The van der Waals surface area contributed by atoms with Gasteiger partial charge in [-0.2, -0.15) is 0 Å². The van der Waals surface area contributed by atoms with Crippen molar-refractivity contribution in [3.8, 4) is 0 Å². The van der Waals surface area contributed by atoms with E-state index < -0.39 is 0 Å². The predicted molar refractivity (Wildman–Crippen MR) is 56.2 cm³/mol. The van der Waals surface area contributed by atoms with Crippen molar-refractivity contribution in [3.05, 3.63) is 6.20 Å². The highest BCUT2D eigenvalue weighted by Crippen LogP contribution is 2.19. The van der Waals surface area contributed by atoms with Gasteiger partial charge in [0.15, 0.2) is 5.13 Å². The first-order valence-electron chi connectivity index (χ1n) is 4.48. The molecule has 76 valence electrons. The number of aromatic nitrogens is 1. The second kappa shape index (κ2) is 3.83. The van der Waals surface area contributed by atoms with Gasteiger partial charge in [0.2, 0.25) is 5.91 Å². The van der Waals surface area contributed by atoms with Crippen LogP contribution in [-0.4, -0.2) is 23.5 Å². The summed E-state index contributed by atoms with van der Waals surface area (Å²) in [6.07, 6.45) is 3.15. The number of thiazole rings is 1. The molecule has 1 amide bonds. The Kier molecular flexibility index (Phi) is 2.53. The first-order valence-corrected chi connectivity index (χ1v) is 5.30. The number of anilines is 2. The monoisotopic (exact) mass is 212 g/mol. The highest BCUT2D eigenvalue weighted by molar-refractivity contribution is 7.19. The normalized spacial score (nSPS) is 20.9. The van der Waals surface area contributed by atoms with Crippen molar-refractivity contribution < 1.29 is 4.79 Å². The Hall–Kier alpha value is -1.30. The smallest absolute Gasteiger partial charge is 0.220 e. The van der Waals surface area contributed by atoms with Gasteiger partial charge in [-0.15, -0.1) is 0 Å². The van der Waals surface area contributed by atoms with Crippen molar-refractivity contribution in [2.45, 2.75) is 18.9 Å². The lowest BCUT2D eigenvalue weighted by Crippen LogP contribution is -2.31. The van der Waals surface area contributed by atoms with Crippen molar-refractivity contribution in [1.82, 2.24) is 10.3 Å². The summed E-state index contributed by atoms with van der Waals surface area (Å²) in [6, 6.07) is 0.229. The average Bonchev–Trinajstić information content (AvgIpc) is 2.72. The van der Waals surface area contributed by atoms with Crippen molar-refractivity contribution in [2.24, 2.45) is 0 Å². The molecule has 0 bridgehead atoms. The minimum atomic E-state index is 0.135. The number of hydrogen-bond acceptors (Lipinski definition) is 5. The summed E-state index contributed by atoms with van der Waals surface area (Å²) >= 11 is 1.41. The van der Waals surface area contributed by atoms with Crippen LogP contribution in [0.3, 0.4) is 0 Å². The molecular weight excluding hydrogens is 200 g/mol. The number of nitrogens with one attached hydrogen (secondary N) is 2. The van der Waals surface area contributed by atoms with Crippen LogP contribution in [0.15, 0.2) is 6.20 Å². The van der Waals surface area contributed by atoms with E-state index in [1.165, 1.54) is 11.3 Å². The lowest BCUT2D eigenvalue weighted by atomic mass is 10.2. The molecule has 1 aliphatic rings.